The SMILES string of the molecule is CC(=O)C(C)(CC(=O)O)CC(=O)O. The van der Waals surface area contributed by atoms with Gasteiger partial charge >= 0.3 is 11.9 Å². The summed E-state index contributed by atoms with van der Waals surface area (Å²) in [6.07, 6.45) is -0.900. The van der Waals surface area contributed by atoms with Gasteiger partial charge in [-0.05, 0) is 6.92 Å². The number of ketones is 1. The summed E-state index contributed by atoms with van der Waals surface area (Å²) in [6.45, 7) is 2.55. The van der Waals surface area contributed by atoms with Crippen molar-refractivity contribution in [3.63, 3.8) is 0 Å². The Morgan fingerprint density at radius 1 is 1.08 bits per heavy atom. The van der Waals surface area contributed by atoms with E-state index in [9.17, 15) is 14.4 Å². The van der Waals surface area contributed by atoms with Crippen molar-refractivity contribution in [2.24, 2.45) is 5.41 Å². The van der Waals surface area contributed by atoms with E-state index in [1.807, 2.05) is 0 Å². The number of hydrogen-bond acceptors (Lipinski definition) is 3. The Hall–Kier alpha value is -1.39. The van der Waals surface area contributed by atoms with Crippen LogP contribution in [0.3, 0.4) is 0 Å². The van der Waals surface area contributed by atoms with E-state index in [2.05, 4.69) is 0 Å². The van der Waals surface area contributed by atoms with Crippen molar-refractivity contribution < 1.29 is 24.6 Å². The van der Waals surface area contributed by atoms with Crippen LogP contribution in [0.2, 0.25) is 0 Å². The fourth-order valence-corrected chi connectivity index (χ4v) is 0.979. The molecule has 0 aromatic heterocycles. The van der Waals surface area contributed by atoms with Gasteiger partial charge in [0, 0.05) is 5.41 Å². The van der Waals surface area contributed by atoms with Crippen LogP contribution in [-0.2, 0) is 14.4 Å². The molecule has 0 heterocycles. The van der Waals surface area contributed by atoms with Crippen molar-refractivity contribution in [2.75, 3.05) is 0 Å². The quantitative estimate of drug-likeness (QED) is 0.656. The Morgan fingerprint density at radius 2 is 1.38 bits per heavy atom. The van der Waals surface area contributed by atoms with E-state index in [4.69, 9.17) is 10.2 Å². The lowest BCUT2D eigenvalue weighted by molar-refractivity contribution is -0.148. The number of Topliss-reactive ketones (excluding diaryl/α,β-unsaturated/α-hetero) is 1. The van der Waals surface area contributed by atoms with E-state index in [0.29, 0.717) is 0 Å². The zero-order valence-electron chi connectivity index (χ0n) is 7.53. The van der Waals surface area contributed by atoms with Crippen LogP contribution < -0.4 is 0 Å². The third-order valence-corrected chi connectivity index (χ3v) is 1.93. The van der Waals surface area contributed by atoms with Crippen LogP contribution >= 0.6 is 0 Å². The molecule has 0 bridgehead atoms. The summed E-state index contributed by atoms with van der Waals surface area (Å²) in [4.78, 5) is 31.7. The van der Waals surface area contributed by atoms with E-state index >= 15 is 0 Å². The molecule has 5 heteroatoms. The number of carboxylic acid groups (broad SMARTS) is 2. The van der Waals surface area contributed by atoms with Crippen molar-refractivity contribution in [1.82, 2.24) is 0 Å². The molecule has 0 aromatic rings. The molecule has 0 aromatic carbocycles. The second kappa shape index (κ2) is 4.02. The predicted molar refractivity (Wildman–Crippen MR) is 43.3 cm³/mol. The van der Waals surface area contributed by atoms with E-state index in [0.717, 1.165) is 0 Å². The molecular formula is C8H12O5. The fraction of sp³-hybridized carbons (Fsp3) is 0.625. The van der Waals surface area contributed by atoms with Crippen LogP contribution in [0.25, 0.3) is 0 Å². The number of aliphatic carboxylic acids is 2. The highest BCUT2D eigenvalue weighted by Gasteiger charge is 2.34. The predicted octanol–water partition coefficient (Wildman–Crippen LogP) is 0.531. The molecule has 0 radical (unpaired) electrons. The monoisotopic (exact) mass is 188 g/mol. The highest BCUT2D eigenvalue weighted by molar-refractivity contribution is 5.89. The third kappa shape index (κ3) is 3.68. The maximum Gasteiger partial charge on any atom is 0.304 e. The molecular weight excluding hydrogens is 176 g/mol. The van der Waals surface area contributed by atoms with E-state index in [1.54, 1.807) is 0 Å². The van der Waals surface area contributed by atoms with Crippen molar-refractivity contribution in [2.45, 2.75) is 26.7 Å². The van der Waals surface area contributed by atoms with Gasteiger partial charge in [-0.15, -0.1) is 0 Å². The second-order valence-electron chi connectivity index (χ2n) is 3.26. The molecule has 13 heavy (non-hydrogen) atoms. The van der Waals surface area contributed by atoms with Crippen molar-refractivity contribution in [1.29, 1.82) is 0 Å². The molecule has 0 saturated heterocycles. The molecule has 0 rings (SSSR count). The van der Waals surface area contributed by atoms with Gasteiger partial charge in [-0.25, -0.2) is 0 Å². The lowest BCUT2D eigenvalue weighted by Gasteiger charge is -2.21. The molecule has 0 spiro atoms. The van der Waals surface area contributed by atoms with Crippen LogP contribution in [0.4, 0.5) is 0 Å². The Labute approximate surface area is 75.4 Å². The number of carbonyl (C=O) groups is 3. The van der Waals surface area contributed by atoms with E-state index in [1.165, 1.54) is 13.8 Å². The highest BCUT2D eigenvalue weighted by Crippen LogP contribution is 2.27. The Bertz CT molecular complexity index is 227. The van der Waals surface area contributed by atoms with Gasteiger partial charge in [0.15, 0.2) is 0 Å². The molecule has 0 unspecified atom stereocenters. The average molecular weight is 188 g/mol. The summed E-state index contributed by atoms with van der Waals surface area (Å²) < 4.78 is 0. The number of carboxylic acids is 2. The first-order chi connectivity index (χ1) is 5.78. The van der Waals surface area contributed by atoms with Gasteiger partial charge in [0.05, 0.1) is 12.8 Å². The fourth-order valence-electron chi connectivity index (χ4n) is 0.979. The van der Waals surface area contributed by atoms with E-state index in [-0.39, 0.29) is 0 Å². The van der Waals surface area contributed by atoms with E-state index < -0.39 is 36.0 Å². The first-order valence-corrected chi connectivity index (χ1v) is 3.72. The van der Waals surface area contributed by atoms with Gasteiger partial charge in [0.25, 0.3) is 0 Å². The third-order valence-electron chi connectivity index (χ3n) is 1.93. The molecule has 0 amide bonds. The first kappa shape index (κ1) is 11.6. The molecule has 0 aliphatic heterocycles. The lowest BCUT2D eigenvalue weighted by atomic mass is 9.80. The highest BCUT2D eigenvalue weighted by atomic mass is 16.4. The largest absolute Gasteiger partial charge is 0.481 e. The average Bonchev–Trinajstić information content (AvgIpc) is 1.82. The van der Waals surface area contributed by atoms with Crippen LogP contribution in [0.5, 0.6) is 0 Å². The smallest absolute Gasteiger partial charge is 0.304 e. The molecule has 0 fully saturated rings. The lowest BCUT2D eigenvalue weighted by Crippen LogP contribution is -2.31. The van der Waals surface area contributed by atoms with Crippen LogP contribution in [-0.4, -0.2) is 27.9 Å². The first-order valence-electron chi connectivity index (χ1n) is 3.72. The van der Waals surface area contributed by atoms with Crippen LogP contribution in [0, 0.1) is 5.41 Å². The zero-order chi connectivity index (χ0) is 10.6. The summed E-state index contributed by atoms with van der Waals surface area (Å²) >= 11 is 0. The summed E-state index contributed by atoms with van der Waals surface area (Å²) in [5.74, 6) is -2.75. The minimum atomic E-state index is -1.29. The molecule has 0 atom stereocenters. The van der Waals surface area contributed by atoms with Crippen molar-refractivity contribution in [3.8, 4) is 0 Å². The molecule has 5 nitrogen and oxygen atoms in total. The summed E-state index contributed by atoms with van der Waals surface area (Å²) in [6, 6.07) is 0. The summed E-state index contributed by atoms with van der Waals surface area (Å²) in [5.41, 5.74) is -1.29. The van der Waals surface area contributed by atoms with Gasteiger partial charge in [-0.2, -0.15) is 0 Å². The maximum absolute atomic E-state index is 11.0. The molecule has 74 valence electrons. The Balaban J connectivity index is 4.62. The minimum absolute atomic E-state index is 0.419. The summed E-state index contributed by atoms with van der Waals surface area (Å²) in [7, 11) is 0. The number of carbonyl (C=O) groups excluding carboxylic acids is 1. The van der Waals surface area contributed by atoms with Gasteiger partial charge in [-0.1, -0.05) is 6.92 Å². The topological polar surface area (TPSA) is 91.7 Å². The van der Waals surface area contributed by atoms with Crippen molar-refractivity contribution >= 4 is 17.7 Å². The number of hydrogen-bond donors (Lipinski definition) is 2. The summed E-state index contributed by atoms with van der Waals surface area (Å²) in [5, 5.41) is 16.9. The van der Waals surface area contributed by atoms with Crippen LogP contribution in [0.15, 0.2) is 0 Å². The Kier molecular flexibility index (Phi) is 3.59. The zero-order valence-corrected chi connectivity index (χ0v) is 7.53. The molecule has 2 N–H and O–H groups in total. The molecule has 0 aliphatic carbocycles. The Morgan fingerprint density at radius 3 is 1.54 bits per heavy atom. The maximum atomic E-state index is 11.0. The standard InChI is InChI=1S/C8H12O5/c1-5(9)8(2,3-6(10)11)4-7(12)13/h3-4H2,1-2H3,(H,10,11)(H,12,13). The van der Waals surface area contributed by atoms with Gasteiger partial charge in [0.1, 0.15) is 5.78 Å². The molecule has 0 aliphatic rings. The second-order valence-corrected chi connectivity index (χ2v) is 3.26. The van der Waals surface area contributed by atoms with Gasteiger partial charge in [-0.3, -0.25) is 14.4 Å². The van der Waals surface area contributed by atoms with Crippen LogP contribution in [0.1, 0.15) is 26.7 Å². The van der Waals surface area contributed by atoms with Gasteiger partial charge in [0.2, 0.25) is 0 Å². The minimum Gasteiger partial charge on any atom is -0.481 e. The normalized spacial score (nSPS) is 10.9. The van der Waals surface area contributed by atoms with Gasteiger partial charge < -0.3 is 10.2 Å². The van der Waals surface area contributed by atoms with Crippen molar-refractivity contribution in [3.05, 3.63) is 0 Å². The molecule has 0 saturated carbocycles. The number of rotatable bonds is 5.